The van der Waals surface area contributed by atoms with E-state index in [-0.39, 0.29) is 12.2 Å². The van der Waals surface area contributed by atoms with Crippen LogP contribution in [0.5, 0.6) is 0 Å². The van der Waals surface area contributed by atoms with Crippen LogP contribution in [0.2, 0.25) is 0 Å². The van der Waals surface area contributed by atoms with Crippen LogP contribution in [-0.4, -0.2) is 29.9 Å². The van der Waals surface area contributed by atoms with Crippen molar-refractivity contribution >= 4 is 0 Å². The summed E-state index contributed by atoms with van der Waals surface area (Å²) in [4.78, 5) is 0. The van der Waals surface area contributed by atoms with Crippen LogP contribution in [0.4, 0.5) is 0 Å². The highest BCUT2D eigenvalue weighted by Gasteiger charge is 2.63. The van der Waals surface area contributed by atoms with Gasteiger partial charge in [0.05, 0.1) is 6.61 Å². The Kier molecular flexibility index (Phi) is 4.67. The molecule has 0 saturated carbocycles. The van der Waals surface area contributed by atoms with Crippen molar-refractivity contribution in [2.45, 2.75) is 63.7 Å². The van der Waals surface area contributed by atoms with Gasteiger partial charge in [0.2, 0.25) is 0 Å². The quantitative estimate of drug-likeness (QED) is 0.740. The Labute approximate surface area is 144 Å². The molecule has 2 fully saturated rings. The van der Waals surface area contributed by atoms with E-state index in [4.69, 9.17) is 18.9 Å². The van der Waals surface area contributed by atoms with Crippen molar-refractivity contribution in [1.29, 1.82) is 0 Å². The van der Waals surface area contributed by atoms with Crippen LogP contribution < -0.4 is 0 Å². The van der Waals surface area contributed by atoms with Gasteiger partial charge in [-0.1, -0.05) is 42.0 Å². The van der Waals surface area contributed by atoms with Crippen molar-refractivity contribution < 1.29 is 18.9 Å². The first-order valence-corrected chi connectivity index (χ1v) is 8.32. The summed E-state index contributed by atoms with van der Waals surface area (Å²) in [6, 6.07) is 10.1. The van der Waals surface area contributed by atoms with E-state index in [0.29, 0.717) is 13.0 Å². The van der Waals surface area contributed by atoms with Gasteiger partial charge in [0, 0.05) is 6.42 Å². The molecule has 2 saturated heterocycles. The highest BCUT2D eigenvalue weighted by molar-refractivity contribution is 5.18. The Bertz CT molecular complexity index is 609. The summed E-state index contributed by atoms with van der Waals surface area (Å²) >= 11 is 0. The minimum Gasteiger partial charge on any atom is -0.364 e. The van der Waals surface area contributed by atoms with Gasteiger partial charge in [-0.2, -0.15) is 0 Å². The van der Waals surface area contributed by atoms with E-state index in [1.807, 2.05) is 51.1 Å². The molecule has 2 heterocycles. The van der Waals surface area contributed by atoms with Crippen molar-refractivity contribution in [3.63, 3.8) is 0 Å². The Morgan fingerprint density at radius 2 is 1.96 bits per heavy atom. The van der Waals surface area contributed by atoms with Crippen LogP contribution >= 0.6 is 0 Å². The Morgan fingerprint density at radius 3 is 2.58 bits per heavy atom. The number of hydrogen-bond donors (Lipinski definition) is 0. The van der Waals surface area contributed by atoms with Gasteiger partial charge in [-0.05, 0) is 26.3 Å². The second kappa shape index (κ2) is 6.45. The van der Waals surface area contributed by atoms with Gasteiger partial charge in [0.25, 0.3) is 0 Å². The summed E-state index contributed by atoms with van der Waals surface area (Å²) in [5.74, 6) is -0.697. The van der Waals surface area contributed by atoms with Gasteiger partial charge in [0.1, 0.15) is 17.8 Å². The predicted octanol–water partition coefficient (Wildman–Crippen LogP) is 3.97. The van der Waals surface area contributed by atoms with E-state index in [9.17, 15) is 0 Å². The zero-order valence-corrected chi connectivity index (χ0v) is 14.7. The summed E-state index contributed by atoms with van der Waals surface area (Å²) in [6.45, 7) is 14.2. The van der Waals surface area contributed by atoms with Crippen LogP contribution in [0.25, 0.3) is 0 Å². The lowest BCUT2D eigenvalue weighted by atomic mass is 9.85. The third-order valence-corrected chi connectivity index (χ3v) is 4.44. The van der Waals surface area contributed by atoms with Crippen LogP contribution in [0.15, 0.2) is 55.1 Å². The maximum absolute atomic E-state index is 6.44. The first kappa shape index (κ1) is 17.4. The number of benzene rings is 1. The monoisotopic (exact) mass is 330 g/mol. The second-order valence-electron chi connectivity index (χ2n) is 7.08. The molecule has 0 amide bonds. The third-order valence-electron chi connectivity index (χ3n) is 4.44. The molecule has 0 radical (unpaired) electrons. The molecule has 130 valence electrons. The summed E-state index contributed by atoms with van der Waals surface area (Å²) < 4.78 is 24.5. The second-order valence-corrected chi connectivity index (χ2v) is 7.08. The predicted molar refractivity (Wildman–Crippen MR) is 92.3 cm³/mol. The summed E-state index contributed by atoms with van der Waals surface area (Å²) in [6.07, 6.45) is 1.29. The molecule has 2 aliphatic rings. The van der Waals surface area contributed by atoms with Crippen molar-refractivity contribution in [3.05, 3.63) is 60.7 Å². The molecular formula is C20H26O4. The number of hydrogen-bond acceptors (Lipinski definition) is 4. The third kappa shape index (κ3) is 3.20. The average molecular weight is 330 g/mol. The normalized spacial score (nSPS) is 34.0. The highest BCUT2D eigenvalue weighted by Crippen LogP contribution is 2.48. The average Bonchev–Trinajstić information content (AvgIpc) is 2.97. The molecule has 0 spiro atoms. The first-order chi connectivity index (χ1) is 11.4. The standard InChI is InChI=1S/C20H26O4/c1-6-16-20(12-14(2)3,21-13-15-10-8-7-9-11-15)17-18(22-16)24-19(4,5)23-17/h6-11,16-18H,1-2,12-13H2,3-5H3/t16-,17+,18-,20-/m1/s1. The summed E-state index contributed by atoms with van der Waals surface area (Å²) in [5, 5.41) is 0. The van der Waals surface area contributed by atoms with Crippen molar-refractivity contribution in [2.24, 2.45) is 0 Å². The molecule has 24 heavy (non-hydrogen) atoms. The molecule has 0 N–H and O–H groups in total. The lowest BCUT2D eigenvalue weighted by molar-refractivity contribution is -0.231. The number of fused-ring (bicyclic) bond motifs is 1. The molecule has 2 aliphatic heterocycles. The van der Waals surface area contributed by atoms with Crippen LogP contribution in [0.3, 0.4) is 0 Å². The molecule has 0 aliphatic carbocycles. The maximum atomic E-state index is 6.44. The molecule has 3 rings (SSSR count). The molecule has 4 atom stereocenters. The summed E-state index contributed by atoms with van der Waals surface area (Å²) in [5.41, 5.74) is 1.41. The van der Waals surface area contributed by atoms with Gasteiger partial charge in [-0.25, -0.2) is 0 Å². The summed E-state index contributed by atoms with van der Waals surface area (Å²) in [7, 11) is 0. The van der Waals surface area contributed by atoms with E-state index in [1.165, 1.54) is 0 Å². The zero-order valence-electron chi connectivity index (χ0n) is 14.7. The largest absolute Gasteiger partial charge is 0.364 e. The fourth-order valence-electron chi connectivity index (χ4n) is 3.52. The molecule has 4 heteroatoms. The van der Waals surface area contributed by atoms with Crippen LogP contribution in [-0.2, 0) is 25.6 Å². The molecule has 1 aromatic rings. The van der Waals surface area contributed by atoms with Crippen molar-refractivity contribution in [1.82, 2.24) is 0 Å². The number of rotatable bonds is 6. The smallest absolute Gasteiger partial charge is 0.190 e. The van der Waals surface area contributed by atoms with E-state index < -0.39 is 17.7 Å². The SMILES string of the molecule is C=C[C@H]1O[C@@H]2OC(C)(C)O[C@@H]2[C@]1(CC(=C)C)OCc1ccccc1. The van der Waals surface area contributed by atoms with Gasteiger partial charge in [-0.15, -0.1) is 13.2 Å². The lowest BCUT2D eigenvalue weighted by Crippen LogP contribution is -2.50. The van der Waals surface area contributed by atoms with Crippen LogP contribution in [0, 0.1) is 0 Å². The Hall–Kier alpha value is -1.46. The molecule has 0 unspecified atom stereocenters. The van der Waals surface area contributed by atoms with Gasteiger partial charge >= 0.3 is 0 Å². The molecular weight excluding hydrogens is 304 g/mol. The molecule has 0 bridgehead atoms. The van der Waals surface area contributed by atoms with Gasteiger partial charge < -0.3 is 18.9 Å². The van der Waals surface area contributed by atoms with E-state index in [0.717, 1.165) is 11.1 Å². The minimum atomic E-state index is -0.697. The van der Waals surface area contributed by atoms with Crippen molar-refractivity contribution in [3.8, 4) is 0 Å². The topological polar surface area (TPSA) is 36.9 Å². The van der Waals surface area contributed by atoms with E-state index in [1.54, 1.807) is 6.08 Å². The fourth-order valence-corrected chi connectivity index (χ4v) is 3.52. The van der Waals surface area contributed by atoms with E-state index >= 15 is 0 Å². The number of ether oxygens (including phenoxy) is 4. The van der Waals surface area contributed by atoms with Gasteiger partial charge in [-0.3, -0.25) is 0 Å². The minimum absolute atomic E-state index is 0.316. The zero-order chi connectivity index (χ0) is 17.4. The molecule has 1 aromatic carbocycles. The molecule has 0 aromatic heterocycles. The first-order valence-electron chi connectivity index (χ1n) is 8.32. The van der Waals surface area contributed by atoms with Gasteiger partial charge in [0.15, 0.2) is 12.1 Å². The maximum Gasteiger partial charge on any atom is 0.190 e. The Morgan fingerprint density at radius 1 is 1.25 bits per heavy atom. The Balaban J connectivity index is 1.90. The molecule has 4 nitrogen and oxygen atoms in total. The highest BCUT2D eigenvalue weighted by atomic mass is 16.8. The van der Waals surface area contributed by atoms with E-state index in [2.05, 4.69) is 13.2 Å². The van der Waals surface area contributed by atoms with Crippen LogP contribution in [0.1, 0.15) is 32.8 Å². The lowest BCUT2D eigenvalue weighted by Gasteiger charge is -2.37. The fraction of sp³-hybridized carbons (Fsp3) is 0.500. The van der Waals surface area contributed by atoms with Crippen molar-refractivity contribution in [2.75, 3.05) is 0 Å².